The third-order valence-corrected chi connectivity index (χ3v) is 6.19. The summed E-state index contributed by atoms with van der Waals surface area (Å²) in [5.41, 5.74) is 5.49. The SMILES string of the molecule is C#C/C=C\c1c(C)c2ccccc2n1-c1cc(-n2c3ccccc3c3ccccc32)ncn1. The number of rotatable bonds is 3. The largest absolute Gasteiger partial charge is 0.294 e. The zero-order valence-electron chi connectivity index (χ0n) is 18.1. The Hall–Kier alpha value is -4.62. The van der Waals surface area contributed by atoms with Crippen LogP contribution in [0.15, 0.2) is 91.3 Å². The summed E-state index contributed by atoms with van der Waals surface area (Å²) in [6, 6.07) is 27.2. The lowest BCUT2D eigenvalue weighted by Gasteiger charge is -2.11. The fourth-order valence-electron chi connectivity index (χ4n) is 4.75. The van der Waals surface area contributed by atoms with Gasteiger partial charge in [0.25, 0.3) is 0 Å². The van der Waals surface area contributed by atoms with E-state index in [9.17, 15) is 0 Å². The molecule has 33 heavy (non-hydrogen) atoms. The second-order valence-electron chi connectivity index (χ2n) is 7.97. The zero-order chi connectivity index (χ0) is 22.4. The summed E-state index contributed by atoms with van der Waals surface area (Å²) in [5.74, 6) is 4.22. The molecule has 0 N–H and O–H groups in total. The lowest BCUT2D eigenvalue weighted by Crippen LogP contribution is -2.04. The Labute approximate surface area is 191 Å². The average molecular weight is 425 g/mol. The lowest BCUT2D eigenvalue weighted by molar-refractivity contribution is 0.963. The Kier molecular flexibility index (Phi) is 4.34. The van der Waals surface area contributed by atoms with Crippen molar-refractivity contribution in [2.75, 3.05) is 0 Å². The smallest absolute Gasteiger partial charge is 0.143 e. The van der Waals surface area contributed by atoms with Gasteiger partial charge in [-0.15, -0.1) is 6.42 Å². The number of terminal acetylenes is 1. The van der Waals surface area contributed by atoms with Gasteiger partial charge in [0.05, 0.1) is 22.2 Å². The van der Waals surface area contributed by atoms with Crippen molar-refractivity contribution in [1.82, 2.24) is 19.1 Å². The quantitative estimate of drug-likeness (QED) is 0.305. The molecule has 6 rings (SSSR count). The molecule has 0 amide bonds. The van der Waals surface area contributed by atoms with E-state index < -0.39 is 0 Å². The Morgan fingerprint density at radius 1 is 0.727 bits per heavy atom. The van der Waals surface area contributed by atoms with Gasteiger partial charge < -0.3 is 0 Å². The Morgan fingerprint density at radius 3 is 1.85 bits per heavy atom. The summed E-state index contributed by atoms with van der Waals surface area (Å²) in [4.78, 5) is 9.34. The highest BCUT2D eigenvalue weighted by atomic mass is 15.1. The first-order valence-electron chi connectivity index (χ1n) is 10.8. The second-order valence-corrected chi connectivity index (χ2v) is 7.97. The summed E-state index contributed by atoms with van der Waals surface area (Å²) in [6.07, 6.45) is 10.9. The minimum atomic E-state index is 0.794. The van der Waals surface area contributed by atoms with E-state index in [2.05, 4.69) is 98.7 Å². The normalized spacial score (nSPS) is 11.6. The molecule has 6 aromatic rings. The molecular weight excluding hydrogens is 404 g/mol. The number of fused-ring (bicyclic) bond motifs is 4. The molecule has 0 saturated heterocycles. The number of allylic oxidation sites excluding steroid dienone is 1. The highest BCUT2D eigenvalue weighted by Gasteiger charge is 2.17. The van der Waals surface area contributed by atoms with E-state index >= 15 is 0 Å². The molecule has 0 fully saturated rings. The van der Waals surface area contributed by atoms with E-state index in [1.54, 1.807) is 12.4 Å². The molecule has 156 valence electrons. The van der Waals surface area contributed by atoms with Crippen LogP contribution in [0.25, 0.3) is 50.4 Å². The molecule has 4 heteroatoms. The number of aryl methyl sites for hydroxylation is 1. The molecule has 0 atom stereocenters. The average Bonchev–Trinajstić information content (AvgIpc) is 3.35. The van der Waals surface area contributed by atoms with E-state index in [1.165, 1.54) is 16.2 Å². The molecule has 3 heterocycles. The summed E-state index contributed by atoms with van der Waals surface area (Å²) < 4.78 is 4.35. The minimum Gasteiger partial charge on any atom is -0.294 e. The van der Waals surface area contributed by atoms with Crippen LogP contribution in [0.4, 0.5) is 0 Å². The molecule has 0 aliphatic carbocycles. The van der Waals surface area contributed by atoms with Crippen LogP contribution in [0, 0.1) is 19.3 Å². The van der Waals surface area contributed by atoms with Gasteiger partial charge in [-0.1, -0.05) is 60.5 Å². The Bertz CT molecular complexity index is 1690. The Balaban J connectivity index is 1.65. The number of benzene rings is 3. The number of hydrogen-bond acceptors (Lipinski definition) is 2. The van der Waals surface area contributed by atoms with Crippen LogP contribution in [0.3, 0.4) is 0 Å². The van der Waals surface area contributed by atoms with Gasteiger partial charge in [-0.2, -0.15) is 0 Å². The fraction of sp³-hybridized carbons (Fsp3) is 0.0345. The highest BCUT2D eigenvalue weighted by Crippen LogP contribution is 2.33. The van der Waals surface area contributed by atoms with Crippen LogP contribution in [-0.4, -0.2) is 19.1 Å². The van der Waals surface area contributed by atoms with Crippen LogP contribution in [0.5, 0.6) is 0 Å². The zero-order valence-corrected chi connectivity index (χ0v) is 18.1. The van der Waals surface area contributed by atoms with E-state index in [-0.39, 0.29) is 0 Å². The van der Waals surface area contributed by atoms with Crippen molar-refractivity contribution in [3.8, 4) is 24.0 Å². The van der Waals surface area contributed by atoms with Crippen LogP contribution < -0.4 is 0 Å². The molecule has 0 aliphatic heterocycles. The van der Waals surface area contributed by atoms with Gasteiger partial charge in [0, 0.05) is 22.2 Å². The molecule has 0 aliphatic rings. The fourth-order valence-corrected chi connectivity index (χ4v) is 4.75. The summed E-state index contributed by atoms with van der Waals surface area (Å²) >= 11 is 0. The predicted octanol–water partition coefficient (Wildman–Crippen LogP) is 6.47. The monoisotopic (exact) mass is 424 g/mol. The van der Waals surface area contributed by atoms with Crippen molar-refractivity contribution in [2.24, 2.45) is 0 Å². The van der Waals surface area contributed by atoms with Crippen molar-refractivity contribution in [3.63, 3.8) is 0 Å². The van der Waals surface area contributed by atoms with Gasteiger partial charge in [0.1, 0.15) is 18.0 Å². The van der Waals surface area contributed by atoms with E-state index in [1.807, 2.05) is 18.2 Å². The van der Waals surface area contributed by atoms with Gasteiger partial charge >= 0.3 is 0 Å². The third-order valence-electron chi connectivity index (χ3n) is 6.19. The van der Waals surface area contributed by atoms with Crippen molar-refractivity contribution in [2.45, 2.75) is 6.92 Å². The Morgan fingerprint density at radius 2 is 1.24 bits per heavy atom. The second kappa shape index (κ2) is 7.51. The first-order chi connectivity index (χ1) is 16.3. The number of hydrogen-bond donors (Lipinski definition) is 0. The predicted molar refractivity (Wildman–Crippen MR) is 136 cm³/mol. The molecule has 4 nitrogen and oxygen atoms in total. The lowest BCUT2D eigenvalue weighted by atomic mass is 10.1. The van der Waals surface area contributed by atoms with Crippen LogP contribution in [0.1, 0.15) is 11.3 Å². The molecule has 3 aromatic heterocycles. The van der Waals surface area contributed by atoms with Crippen molar-refractivity contribution in [1.29, 1.82) is 0 Å². The molecule has 0 radical (unpaired) electrons. The summed E-state index contributed by atoms with van der Waals surface area (Å²) in [6.45, 7) is 2.12. The van der Waals surface area contributed by atoms with Gasteiger partial charge in [-0.05, 0) is 42.8 Å². The molecule has 0 unspecified atom stereocenters. The first-order valence-corrected chi connectivity index (χ1v) is 10.8. The van der Waals surface area contributed by atoms with Crippen LogP contribution >= 0.6 is 0 Å². The number of aromatic nitrogens is 4. The maximum absolute atomic E-state index is 5.53. The van der Waals surface area contributed by atoms with Crippen molar-refractivity contribution in [3.05, 3.63) is 103 Å². The number of nitrogens with zero attached hydrogens (tertiary/aromatic N) is 4. The molecule has 3 aromatic carbocycles. The minimum absolute atomic E-state index is 0.794. The molecule has 0 spiro atoms. The molecule has 0 saturated carbocycles. The number of para-hydroxylation sites is 3. The van der Waals surface area contributed by atoms with E-state index in [0.29, 0.717) is 0 Å². The summed E-state index contributed by atoms with van der Waals surface area (Å²) in [5, 5.41) is 3.58. The third kappa shape index (κ3) is 2.87. The maximum atomic E-state index is 5.53. The first kappa shape index (κ1) is 19.1. The van der Waals surface area contributed by atoms with Crippen LogP contribution in [0.2, 0.25) is 0 Å². The van der Waals surface area contributed by atoms with Crippen LogP contribution in [-0.2, 0) is 0 Å². The van der Waals surface area contributed by atoms with E-state index in [4.69, 9.17) is 6.42 Å². The van der Waals surface area contributed by atoms with Crippen molar-refractivity contribution >= 4 is 38.8 Å². The van der Waals surface area contributed by atoms with Crippen molar-refractivity contribution < 1.29 is 0 Å². The highest BCUT2D eigenvalue weighted by molar-refractivity contribution is 6.09. The van der Waals surface area contributed by atoms with Gasteiger partial charge in [0.2, 0.25) is 0 Å². The maximum Gasteiger partial charge on any atom is 0.143 e. The van der Waals surface area contributed by atoms with Gasteiger partial charge in [-0.3, -0.25) is 9.13 Å². The molecular formula is C29H20N4. The standard InChI is InChI=1S/C29H20N4/c1-3-4-14-24-20(2)21-11-5-8-15-25(21)32(24)28-18-29(31-19-30-28)33-26-16-9-6-12-22(26)23-13-7-10-17-27(23)33/h1,4-19H,2H3/b14-4-. The summed E-state index contributed by atoms with van der Waals surface area (Å²) in [7, 11) is 0. The van der Waals surface area contributed by atoms with Gasteiger partial charge in [-0.25, -0.2) is 9.97 Å². The topological polar surface area (TPSA) is 35.6 Å². The van der Waals surface area contributed by atoms with E-state index in [0.717, 1.165) is 39.4 Å². The molecule has 0 bridgehead atoms. The van der Waals surface area contributed by atoms with Gasteiger partial charge in [0.15, 0.2) is 0 Å².